The molecule has 0 bridgehead atoms. The minimum atomic E-state index is 0. The minimum absolute atomic E-state index is 0. The van der Waals surface area contributed by atoms with Gasteiger partial charge in [0.15, 0.2) is 0 Å². The second-order valence-corrected chi connectivity index (χ2v) is 16.7. The van der Waals surface area contributed by atoms with Gasteiger partial charge in [-0.15, -0.1) is 93.9 Å². The Kier molecular flexibility index (Phi) is 22.3. The summed E-state index contributed by atoms with van der Waals surface area (Å²) in [6.45, 7) is 12.2. The van der Waals surface area contributed by atoms with Gasteiger partial charge in [-0.05, 0) is 97.3 Å². The average molecular weight is 909 g/mol. The standard InChI is InChI=1S/2C26H31.2CH3.2ClH.Si.Zr/c2*1-3-14-26(15-5-6-16-26)19-21-17-23-8-7-9-24(25(23)18-21)22-12-10-20(4-2)11-13-22;;;;;;/h2*7-13,17-18H,3-6,14-16,19H2,1-2H3;2*1H3;2*1H;;/q4*-1;;;;. The van der Waals surface area contributed by atoms with Crippen LogP contribution in [0.4, 0.5) is 0 Å². The Morgan fingerprint density at radius 2 is 0.862 bits per heavy atom. The molecule has 4 heteroatoms. The number of benzene rings is 4. The van der Waals surface area contributed by atoms with Gasteiger partial charge in [0, 0.05) is 0 Å². The summed E-state index contributed by atoms with van der Waals surface area (Å²) >= 11 is 1.36. The van der Waals surface area contributed by atoms with Crippen molar-refractivity contribution < 1.29 is 23.3 Å². The molecule has 2 radical (unpaired) electrons. The van der Waals surface area contributed by atoms with E-state index in [-0.39, 0.29) is 39.7 Å². The summed E-state index contributed by atoms with van der Waals surface area (Å²) in [5.41, 5.74) is 12.5. The fraction of sp³-hybridized carbons (Fsp3) is 0.407. The topological polar surface area (TPSA) is 0 Å². The van der Waals surface area contributed by atoms with Crippen LogP contribution in [-0.4, -0.2) is 6.88 Å². The predicted octanol–water partition coefficient (Wildman–Crippen LogP) is 16.7. The molecule has 0 heterocycles. The van der Waals surface area contributed by atoms with Crippen LogP contribution in [0.3, 0.4) is 0 Å². The summed E-state index contributed by atoms with van der Waals surface area (Å²) in [4.78, 5) is 0. The van der Waals surface area contributed by atoms with Gasteiger partial charge in [0.05, 0.1) is 0 Å². The van der Waals surface area contributed by atoms with Crippen molar-refractivity contribution in [1.82, 2.24) is 0 Å². The molecule has 0 unspecified atom stereocenters. The molecule has 0 aliphatic heterocycles. The normalized spacial score (nSPS) is 14.7. The summed E-state index contributed by atoms with van der Waals surface area (Å²) in [5.74, 6) is 0. The van der Waals surface area contributed by atoms with Crippen molar-refractivity contribution in [1.29, 1.82) is 0 Å². The first-order valence-electron chi connectivity index (χ1n) is 21.3. The number of rotatable bonds is 12. The monoisotopic (exact) mass is 906 g/mol. The Hall–Kier alpha value is -2.22. The van der Waals surface area contributed by atoms with Crippen LogP contribution >= 0.6 is 24.8 Å². The van der Waals surface area contributed by atoms with E-state index in [1.807, 2.05) is 0 Å². The van der Waals surface area contributed by atoms with Gasteiger partial charge >= 0.3 is 30.2 Å². The average Bonchev–Trinajstić information content (AvgIpc) is 4.03. The number of halogens is 2. The first-order valence-corrected chi connectivity index (χ1v) is 25.4. The van der Waals surface area contributed by atoms with Gasteiger partial charge in [0.1, 0.15) is 0 Å². The molecule has 58 heavy (non-hydrogen) atoms. The van der Waals surface area contributed by atoms with E-state index in [0.29, 0.717) is 10.8 Å². The van der Waals surface area contributed by atoms with E-state index >= 15 is 0 Å². The van der Waals surface area contributed by atoms with Crippen LogP contribution in [0.2, 0.25) is 0 Å². The van der Waals surface area contributed by atoms with Crippen molar-refractivity contribution in [3.05, 3.63) is 146 Å². The number of aryl methyl sites for hydroxylation is 2. The summed E-state index contributed by atoms with van der Waals surface area (Å²) in [6, 6.07) is 41.7. The third-order valence-corrected chi connectivity index (χ3v) is 13.0. The molecule has 312 valence electrons. The fourth-order valence-electron chi connectivity index (χ4n) is 10.3. The maximum absolute atomic E-state index is 3.06. The second-order valence-electron chi connectivity index (χ2n) is 16.7. The molecule has 0 nitrogen and oxygen atoms in total. The van der Waals surface area contributed by atoms with Crippen LogP contribution in [0, 0.1) is 25.7 Å². The van der Waals surface area contributed by atoms with Crippen molar-refractivity contribution in [3.63, 3.8) is 0 Å². The molecule has 2 saturated carbocycles. The first-order chi connectivity index (χ1) is 26.5. The molecule has 8 rings (SSSR count). The second kappa shape index (κ2) is 24.9. The number of hydrogen-bond donors (Lipinski definition) is 0. The summed E-state index contributed by atoms with van der Waals surface area (Å²) in [7, 11) is 0. The predicted molar refractivity (Wildman–Crippen MR) is 261 cm³/mol. The Bertz CT molecular complexity index is 1910. The van der Waals surface area contributed by atoms with Crippen LogP contribution < -0.4 is 0 Å². The summed E-state index contributed by atoms with van der Waals surface area (Å²) in [5, 5.41) is 5.66. The zero-order valence-electron chi connectivity index (χ0n) is 36.5. The molecule has 0 amide bonds. The molecule has 2 fully saturated rings. The fourth-order valence-corrected chi connectivity index (χ4v) is 10.3. The molecule has 6 aromatic rings. The Morgan fingerprint density at radius 1 is 0.517 bits per heavy atom. The zero-order valence-corrected chi connectivity index (χ0v) is 41.6. The van der Waals surface area contributed by atoms with Crippen molar-refractivity contribution in [3.8, 4) is 22.3 Å². The quantitative estimate of drug-likeness (QED) is 0.0848. The van der Waals surface area contributed by atoms with Gasteiger partial charge in [-0.25, -0.2) is 0 Å². The van der Waals surface area contributed by atoms with E-state index in [1.54, 1.807) is 11.1 Å². The van der Waals surface area contributed by atoms with E-state index in [1.165, 1.54) is 168 Å². The van der Waals surface area contributed by atoms with Crippen molar-refractivity contribution in [2.75, 3.05) is 0 Å². The van der Waals surface area contributed by atoms with Gasteiger partial charge in [0.25, 0.3) is 0 Å². The third kappa shape index (κ3) is 12.4. The van der Waals surface area contributed by atoms with E-state index in [4.69, 9.17) is 0 Å². The SMILES string of the molecule is CCCC1(Cc2cc3c(-c4ccc(CC)cc4)cccc3[cH-]2)CCCC1.CCCC1(Cc2cc3c(-c4ccc(CC)cc4)cccc3[cH-]2)CCCC1.Cl.Cl.[CH3-].[CH3-].[Si]=[Zr]. The Morgan fingerprint density at radius 3 is 1.17 bits per heavy atom. The van der Waals surface area contributed by atoms with Crippen LogP contribution in [-0.2, 0) is 49.0 Å². The molecule has 2 aliphatic rings. The molecule has 0 atom stereocenters. The van der Waals surface area contributed by atoms with E-state index < -0.39 is 0 Å². The Labute approximate surface area is 383 Å². The molecule has 0 spiro atoms. The van der Waals surface area contributed by atoms with Gasteiger partial charge in [-0.3, -0.25) is 0 Å². The zero-order chi connectivity index (χ0) is 38.0. The third-order valence-electron chi connectivity index (χ3n) is 13.0. The van der Waals surface area contributed by atoms with Gasteiger partial charge in [-0.2, -0.15) is 12.1 Å². The van der Waals surface area contributed by atoms with Gasteiger partial charge < -0.3 is 14.9 Å². The van der Waals surface area contributed by atoms with E-state index in [2.05, 4.69) is 144 Å². The summed E-state index contributed by atoms with van der Waals surface area (Å²) < 4.78 is 0. The van der Waals surface area contributed by atoms with Crippen LogP contribution in [0.25, 0.3) is 43.8 Å². The summed E-state index contributed by atoms with van der Waals surface area (Å²) in [6.07, 6.45) is 21.5. The van der Waals surface area contributed by atoms with Crippen LogP contribution in [0.1, 0.15) is 127 Å². The van der Waals surface area contributed by atoms with Crippen molar-refractivity contribution in [2.45, 2.75) is 130 Å². The molecule has 6 aromatic carbocycles. The van der Waals surface area contributed by atoms with Crippen LogP contribution in [0.15, 0.2) is 109 Å². The molecule has 0 aromatic heterocycles. The molecule has 0 saturated heterocycles. The Balaban J connectivity index is 0.000000360. The van der Waals surface area contributed by atoms with Gasteiger partial charge in [0.2, 0.25) is 0 Å². The number of hydrogen-bond acceptors (Lipinski definition) is 0. The van der Waals surface area contributed by atoms with E-state index in [9.17, 15) is 0 Å². The molecular formula is C54H70Cl2SiZr-4. The van der Waals surface area contributed by atoms with Crippen molar-refractivity contribution >= 4 is 53.2 Å². The molecule has 0 N–H and O–H groups in total. The first kappa shape index (κ1) is 51.9. The molecular weight excluding hydrogens is 839 g/mol. The van der Waals surface area contributed by atoms with Crippen molar-refractivity contribution in [2.24, 2.45) is 10.8 Å². The van der Waals surface area contributed by atoms with Gasteiger partial charge in [-0.1, -0.05) is 138 Å². The maximum atomic E-state index is 3.06. The van der Waals surface area contributed by atoms with E-state index in [0.717, 1.165) is 12.8 Å². The molecule has 2 aliphatic carbocycles. The number of fused-ring (bicyclic) bond motifs is 2. The van der Waals surface area contributed by atoms with Crippen LogP contribution in [0.5, 0.6) is 0 Å².